The number of hydrogen-bond acceptors (Lipinski definition) is 7. The minimum atomic E-state index is -0.896. The largest absolute Gasteiger partial charge is 0.497 e. The number of hydrogen-bond donors (Lipinski definition) is 0. The number of nitrogens with zero attached hydrogens (tertiary/aromatic N) is 2. The lowest BCUT2D eigenvalue weighted by atomic mass is 9.82. The molecule has 0 saturated carbocycles. The van der Waals surface area contributed by atoms with E-state index in [1.54, 1.807) is 7.11 Å². The first kappa shape index (κ1) is 33.3. The summed E-state index contributed by atoms with van der Waals surface area (Å²) in [4.78, 5) is 20.9. The molecule has 0 amide bonds. The molecule has 1 atom stereocenters. The first-order chi connectivity index (χ1) is 20.8. The Morgan fingerprint density at radius 1 is 0.955 bits per heavy atom. The van der Waals surface area contributed by atoms with E-state index in [0.717, 1.165) is 77.6 Å². The highest BCUT2D eigenvalue weighted by molar-refractivity contribution is 5.88. The maximum absolute atomic E-state index is 13.5. The lowest BCUT2D eigenvalue weighted by Crippen LogP contribution is -2.39. The fraction of sp³-hybridized carbons (Fsp3) is 0.514. The molecule has 0 spiro atoms. The Morgan fingerprint density at radius 3 is 2.14 bits per heavy atom. The molecule has 4 rings (SSSR count). The zero-order chi connectivity index (χ0) is 32.1. The monoisotopic (exact) mass is 602 g/mol. The summed E-state index contributed by atoms with van der Waals surface area (Å²) in [6.07, 6.45) is 2.01. The van der Waals surface area contributed by atoms with E-state index in [2.05, 4.69) is 43.0 Å². The first-order valence-corrected chi connectivity index (χ1v) is 15.8. The van der Waals surface area contributed by atoms with Gasteiger partial charge in [0.1, 0.15) is 11.5 Å². The molecular weight excluding hydrogens is 552 g/mol. The number of anilines is 1. The van der Waals surface area contributed by atoms with Crippen LogP contribution in [0, 0.1) is 19.3 Å². The number of aromatic nitrogens is 1. The van der Waals surface area contributed by atoms with E-state index in [1.165, 1.54) is 5.56 Å². The third kappa shape index (κ3) is 8.32. The van der Waals surface area contributed by atoms with Gasteiger partial charge in [-0.25, -0.2) is 4.79 Å². The number of aryl methyl sites for hydroxylation is 2. The summed E-state index contributed by atoms with van der Waals surface area (Å²) >= 11 is 0. The van der Waals surface area contributed by atoms with Crippen LogP contribution >= 0.6 is 0 Å². The molecule has 238 valence electrons. The van der Waals surface area contributed by atoms with E-state index in [1.807, 2.05) is 65.8 Å². The van der Waals surface area contributed by atoms with Gasteiger partial charge in [-0.15, -0.1) is 0 Å². The van der Waals surface area contributed by atoms with Crippen LogP contribution < -0.4 is 14.4 Å². The van der Waals surface area contributed by atoms with Gasteiger partial charge in [-0.05, 0) is 95.2 Å². The maximum atomic E-state index is 13.5. The van der Waals surface area contributed by atoms with Crippen molar-refractivity contribution < 1.29 is 23.7 Å². The summed E-state index contributed by atoms with van der Waals surface area (Å²) in [5, 5.41) is 0. The quantitative estimate of drug-likeness (QED) is 0.206. The number of carbonyl (C=O) groups excluding carboxylic acids is 1. The first-order valence-electron chi connectivity index (χ1n) is 15.8. The van der Waals surface area contributed by atoms with Crippen molar-refractivity contribution in [3.05, 3.63) is 71.0 Å². The topological polar surface area (TPSA) is 70.1 Å². The molecule has 0 bridgehead atoms. The van der Waals surface area contributed by atoms with Crippen LogP contribution in [0.5, 0.6) is 11.5 Å². The minimum absolute atomic E-state index is 0.265. The highest BCUT2D eigenvalue weighted by atomic mass is 16.6. The van der Waals surface area contributed by atoms with E-state index in [9.17, 15) is 4.79 Å². The van der Waals surface area contributed by atoms with Crippen LogP contribution in [0.1, 0.15) is 83.0 Å². The van der Waals surface area contributed by atoms with Crippen LogP contribution in [0.25, 0.3) is 11.1 Å². The fourth-order valence-corrected chi connectivity index (χ4v) is 5.76. The molecule has 3 aromatic rings. The van der Waals surface area contributed by atoms with Gasteiger partial charge in [0.25, 0.3) is 0 Å². The van der Waals surface area contributed by atoms with E-state index in [0.29, 0.717) is 6.61 Å². The van der Waals surface area contributed by atoms with E-state index in [4.69, 9.17) is 23.9 Å². The second kappa shape index (κ2) is 14.0. The second-order valence-corrected chi connectivity index (χ2v) is 13.4. The fourth-order valence-electron chi connectivity index (χ4n) is 5.76. The van der Waals surface area contributed by atoms with Crippen LogP contribution in [0.3, 0.4) is 0 Å². The van der Waals surface area contributed by atoms with E-state index < -0.39 is 11.7 Å². The average molecular weight is 603 g/mol. The summed E-state index contributed by atoms with van der Waals surface area (Å²) in [5.74, 6) is 1.27. The minimum Gasteiger partial charge on any atom is -0.497 e. The summed E-state index contributed by atoms with van der Waals surface area (Å²) in [6.45, 7) is 19.0. The number of rotatable bonds is 11. The molecule has 2 heterocycles. The smallest absolute Gasteiger partial charge is 0.340 e. The van der Waals surface area contributed by atoms with Crippen molar-refractivity contribution in [3.63, 3.8) is 0 Å². The van der Waals surface area contributed by atoms with Crippen molar-refractivity contribution in [2.45, 2.75) is 86.4 Å². The number of esters is 1. The Bertz CT molecular complexity index is 1400. The number of benzene rings is 2. The summed E-state index contributed by atoms with van der Waals surface area (Å²) in [6, 6.07) is 16.3. The van der Waals surface area contributed by atoms with Gasteiger partial charge in [0, 0.05) is 42.0 Å². The Morgan fingerprint density at radius 2 is 1.57 bits per heavy atom. The van der Waals surface area contributed by atoms with E-state index >= 15 is 0 Å². The Balaban J connectivity index is 1.72. The van der Waals surface area contributed by atoms with Crippen molar-refractivity contribution in [3.8, 4) is 22.6 Å². The normalized spacial score (nSPS) is 15.5. The van der Waals surface area contributed by atoms with Crippen molar-refractivity contribution in [2.24, 2.45) is 5.41 Å². The van der Waals surface area contributed by atoms with Gasteiger partial charge in [-0.1, -0.05) is 38.1 Å². The summed E-state index contributed by atoms with van der Waals surface area (Å²) in [7, 11) is 1.67. The molecule has 2 aromatic carbocycles. The molecule has 44 heavy (non-hydrogen) atoms. The van der Waals surface area contributed by atoms with Gasteiger partial charge in [0.15, 0.2) is 6.10 Å². The molecule has 1 unspecified atom stereocenters. The molecule has 7 nitrogen and oxygen atoms in total. The molecule has 1 aliphatic heterocycles. The predicted molar refractivity (Wildman–Crippen MR) is 177 cm³/mol. The van der Waals surface area contributed by atoms with Crippen molar-refractivity contribution in [1.29, 1.82) is 0 Å². The van der Waals surface area contributed by atoms with Crippen LogP contribution in [0.4, 0.5) is 5.69 Å². The average Bonchev–Trinajstić information content (AvgIpc) is 2.96. The molecule has 0 radical (unpaired) electrons. The lowest BCUT2D eigenvalue weighted by molar-refractivity contribution is -0.166. The third-order valence-corrected chi connectivity index (χ3v) is 8.21. The SMILES string of the molecule is CCOC(=O)C(OC(C)(C)C)c1c(C)nc(C)c(-c2ccc(OCCc3ccc(OC)cc3)cc2)c1N1CCC(C)(C)CC1. The molecule has 1 aliphatic rings. The number of ether oxygens (including phenoxy) is 4. The Hall–Kier alpha value is -3.58. The molecule has 0 N–H and O–H groups in total. The Labute approximate surface area is 263 Å². The zero-order valence-corrected chi connectivity index (χ0v) is 28.1. The summed E-state index contributed by atoms with van der Waals surface area (Å²) < 4.78 is 23.4. The van der Waals surface area contributed by atoms with Gasteiger partial charge in [0.2, 0.25) is 0 Å². The molecule has 1 saturated heterocycles. The molecule has 7 heteroatoms. The van der Waals surface area contributed by atoms with Gasteiger partial charge in [-0.3, -0.25) is 4.98 Å². The second-order valence-electron chi connectivity index (χ2n) is 13.4. The standard InChI is InChI=1S/C37H50N2O5/c1-10-42-35(40)34(44-36(4,5)6)32-26(3)38-25(2)31(33(32)39-22-20-37(7,8)21-23-39)28-13-17-30(18-14-28)43-24-19-27-11-15-29(41-9)16-12-27/h11-18,34H,10,19-24H2,1-9H3. The number of carbonyl (C=O) groups is 1. The summed E-state index contributed by atoms with van der Waals surface area (Å²) in [5.41, 5.74) is 6.43. The molecular formula is C37H50N2O5. The number of methoxy groups -OCH3 is 1. The molecule has 1 fully saturated rings. The predicted octanol–water partition coefficient (Wildman–Crippen LogP) is 8.04. The number of pyridine rings is 1. The number of piperidine rings is 1. The van der Waals surface area contributed by atoms with Crippen LogP contribution in [-0.4, -0.2) is 50.0 Å². The van der Waals surface area contributed by atoms with Crippen LogP contribution in [0.15, 0.2) is 48.5 Å². The van der Waals surface area contributed by atoms with Crippen molar-refractivity contribution >= 4 is 11.7 Å². The van der Waals surface area contributed by atoms with Crippen molar-refractivity contribution in [1.82, 2.24) is 4.98 Å². The van der Waals surface area contributed by atoms with Gasteiger partial charge >= 0.3 is 5.97 Å². The van der Waals surface area contributed by atoms with Gasteiger partial charge in [-0.2, -0.15) is 0 Å². The highest BCUT2D eigenvalue weighted by Crippen LogP contribution is 2.45. The third-order valence-electron chi connectivity index (χ3n) is 8.21. The highest BCUT2D eigenvalue weighted by Gasteiger charge is 2.37. The maximum Gasteiger partial charge on any atom is 0.340 e. The van der Waals surface area contributed by atoms with Crippen LogP contribution in [-0.2, 0) is 20.7 Å². The van der Waals surface area contributed by atoms with E-state index in [-0.39, 0.29) is 18.0 Å². The lowest BCUT2D eigenvalue weighted by Gasteiger charge is -2.41. The van der Waals surface area contributed by atoms with Gasteiger partial charge < -0.3 is 23.8 Å². The van der Waals surface area contributed by atoms with Gasteiger partial charge in [0.05, 0.1) is 31.6 Å². The zero-order valence-electron chi connectivity index (χ0n) is 28.1. The Kier molecular flexibility index (Phi) is 10.6. The van der Waals surface area contributed by atoms with Crippen molar-refractivity contribution in [2.75, 3.05) is 38.3 Å². The van der Waals surface area contributed by atoms with Crippen LogP contribution in [0.2, 0.25) is 0 Å². The molecule has 1 aromatic heterocycles. The molecule has 0 aliphatic carbocycles.